The Kier molecular flexibility index (Phi) is 8.02. The standard InChI is InChI=1S/C24H36O12/c1-7-19(8-2)20(9-3,10-4)22(13(25)26,14(27)28)24(17(33)34,18(35)36)23(15(29)30,16(31)32)21(19,11-5)12-6/h7-12H2,1-6H3,(H,25,26)(H,27,28)(H,29,30)(H,31,32)(H,33,34)(H,35,36). The molecule has 12 nitrogen and oxygen atoms in total. The van der Waals surface area contributed by atoms with E-state index >= 15 is 0 Å². The largest absolute Gasteiger partial charge is 0.480 e. The Labute approximate surface area is 208 Å². The summed E-state index contributed by atoms with van der Waals surface area (Å²) in [7, 11) is 0. The number of hydrogen-bond donors (Lipinski definition) is 6. The van der Waals surface area contributed by atoms with Crippen LogP contribution in [0, 0.1) is 32.5 Å². The molecular weight excluding hydrogens is 480 g/mol. The third kappa shape index (κ3) is 2.49. The van der Waals surface area contributed by atoms with Crippen LogP contribution >= 0.6 is 0 Å². The third-order valence-electron chi connectivity index (χ3n) is 9.94. The summed E-state index contributed by atoms with van der Waals surface area (Å²) in [5, 5.41) is 63.6. The second-order valence-electron chi connectivity index (χ2n) is 9.45. The Hall–Kier alpha value is -3.18. The first kappa shape index (κ1) is 30.9. The van der Waals surface area contributed by atoms with Crippen LogP contribution in [-0.4, -0.2) is 66.5 Å². The second kappa shape index (κ2) is 9.36. The van der Waals surface area contributed by atoms with Gasteiger partial charge >= 0.3 is 35.8 Å². The molecule has 204 valence electrons. The lowest BCUT2D eigenvalue weighted by Gasteiger charge is -2.75. The van der Waals surface area contributed by atoms with Crippen molar-refractivity contribution in [3.8, 4) is 0 Å². The van der Waals surface area contributed by atoms with Crippen LogP contribution in [-0.2, 0) is 28.8 Å². The highest BCUT2D eigenvalue weighted by Crippen LogP contribution is 2.84. The summed E-state index contributed by atoms with van der Waals surface area (Å²) in [5.74, 6) is -15.0. The number of carboxylic acid groups (broad SMARTS) is 6. The van der Waals surface area contributed by atoms with Crippen molar-refractivity contribution in [3.63, 3.8) is 0 Å². The molecule has 6 N–H and O–H groups in total. The van der Waals surface area contributed by atoms with Crippen LogP contribution < -0.4 is 0 Å². The molecular formula is C24H36O12. The van der Waals surface area contributed by atoms with E-state index in [1.807, 2.05) is 0 Å². The van der Waals surface area contributed by atoms with E-state index in [2.05, 4.69) is 0 Å². The van der Waals surface area contributed by atoms with Gasteiger partial charge in [0.2, 0.25) is 5.41 Å². The Morgan fingerprint density at radius 2 is 0.528 bits per heavy atom. The number of rotatable bonds is 12. The van der Waals surface area contributed by atoms with E-state index in [1.54, 1.807) is 0 Å². The van der Waals surface area contributed by atoms with Crippen LogP contribution in [0.4, 0.5) is 0 Å². The van der Waals surface area contributed by atoms with Crippen LogP contribution in [0.1, 0.15) is 80.1 Å². The maximum Gasteiger partial charge on any atom is 0.324 e. The maximum atomic E-state index is 13.2. The molecule has 0 aromatic rings. The van der Waals surface area contributed by atoms with Gasteiger partial charge in [0.1, 0.15) is 0 Å². The van der Waals surface area contributed by atoms with E-state index in [0.717, 1.165) is 0 Å². The Morgan fingerprint density at radius 1 is 0.361 bits per heavy atom. The van der Waals surface area contributed by atoms with E-state index in [-0.39, 0.29) is 38.5 Å². The van der Waals surface area contributed by atoms with Crippen molar-refractivity contribution in [1.29, 1.82) is 0 Å². The first-order valence-electron chi connectivity index (χ1n) is 11.9. The molecule has 0 bridgehead atoms. The molecule has 36 heavy (non-hydrogen) atoms. The minimum Gasteiger partial charge on any atom is -0.480 e. The fourth-order valence-electron chi connectivity index (χ4n) is 9.07. The van der Waals surface area contributed by atoms with Gasteiger partial charge in [-0.25, -0.2) is 0 Å². The lowest BCUT2D eigenvalue weighted by Crippen LogP contribution is -2.88. The molecule has 0 aliphatic heterocycles. The van der Waals surface area contributed by atoms with Gasteiger partial charge in [0.05, 0.1) is 0 Å². The Bertz CT molecular complexity index is 864. The fraction of sp³-hybridized carbons (Fsp3) is 0.750. The third-order valence-corrected chi connectivity index (χ3v) is 9.94. The van der Waals surface area contributed by atoms with E-state index in [4.69, 9.17) is 0 Å². The summed E-state index contributed by atoms with van der Waals surface area (Å²) in [5.41, 5.74) is -18.3. The van der Waals surface area contributed by atoms with E-state index in [1.165, 1.54) is 41.5 Å². The van der Waals surface area contributed by atoms with Gasteiger partial charge < -0.3 is 30.6 Å². The number of aliphatic carboxylic acids is 6. The SMILES string of the molecule is CCC1(CC)C(CC)(CC)C(C(=O)O)(C(=O)O)C(C(=O)O)(C(=O)O)C(C(=O)O)(C(=O)O)C1(CC)CC. The van der Waals surface area contributed by atoms with Gasteiger partial charge in [-0.1, -0.05) is 41.5 Å². The molecule has 1 aliphatic rings. The highest BCUT2D eigenvalue weighted by Gasteiger charge is 2.98. The summed E-state index contributed by atoms with van der Waals surface area (Å²) in [6, 6.07) is 0. The number of carbonyl (C=O) groups is 6. The molecule has 0 heterocycles. The lowest BCUT2D eigenvalue weighted by molar-refractivity contribution is -0.319. The summed E-state index contributed by atoms with van der Waals surface area (Å²) >= 11 is 0. The summed E-state index contributed by atoms with van der Waals surface area (Å²) in [4.78, 5) is 79.2. The van der Waals surface area contributed by atoms with Gasteiger partial charge in [-0.05, 0) is 43.9 Å². The maximum absolute atomic E-state index is 13.2. The predicted octanol–water partition coefficient (Wildman–Crippen LogP) is 2.89. The molecule has 1 saturated carbocycles. The van der Waals surface area contributed by atoms with Crippen molar-refractivity contribution in [2.24, 2.45) is 32.5 Å². The van der Waals surface area contributed by atoms with Crippen LogP contribution in [0.3, 0.4) is 0 Å². The molecule has 0 atom stereocenters. The molecule has 1 fully saturated rings. The van der Waals surface area contributed by atoms with Crippen molar-refractivity contribution in [2.45, 2.75) is 80.1 Å². The highest BCUT2D eigenvalue weighted by atomic mass is 16.4. The fourth-order valence-corrected chi connectivity index (χ4v) is 9.07. The molecule has 0 spiro atoms. The zero-order valence-corrected chi connectivity index (χ0v) is 21.4. The quantitative estimate of drug-likeness (QED) is 0.206. The van der Waals surface area contributed by atoms with Gasteiger partial charge in [0.25, 0.3) is 0 Å². The van der Waals surface area contributed by atoms with Crippen molar-refractivity contribution in [2.75, 3.05) is 0 Å². The van der Waals surface area contributed by atoms with Crippen molar-refractivity contribution < 1.29 is 59.4 Å². The van der Waals surface area contributed by atoms with E-state index < -0.39 is 68.3 Å². The molecule has 0 radical (unpaired) electrons. The van der Waals surface area contributed by atoms with Crippen molar-refractivity contribution in [3.05, 3.63) is 0 Å². The normalized spacial score (nSPS) is 22.2. The smallest absolute Gasteiger partial charge is 0.324 e. The predicted molar refractivity (Wildman–Crippen MR) is 122 cm³/mol. The van der Waals surface area contributed by atoms with Gasteiger partial charge in [0, 0.05) is 10.8 Å². The second-order valence-corrected chi connectivity index (χ2v) is 9.45. The van der Waals surface area contributed by atoms with Gasteiger partial charge in [-0.15, -0.1) is 0 Å². The average Bonchev–Trinajstić information content (AvgIpc) is 2.79. The molecule has 1 rings (SSSR count). The Morgan fingerprint density at radius 3 is 0.639 bits per heavy atom. The molecule has 0 unspecified atom stereocenters. The van der Waals surface area contributed by atoms with Crippen LogP contribution in [0.2, 0.25) is 0 Å². The van der Waals surface area contributed by atoms with Gasteiger partial charge in [0.15, 0.2) is 10.8 Å². The lowest BCUT2D eigenvalue weighted by atomic mass is 9.21. The van der Waals surface area contributed by atoms with Crippen LogP contribution in [0.5, 0.6) is 0 Å². The Balaban J connectivity index is 5.29. The average molecular weight is 517 g/mol. The zero-order valence-electron chi connectivity index (χ0n) is 21.4. The molecule has 0 aromatic carbocycles. The number of hydrogen-bond acceptors (Lipinski definition) is 6. The van der Waals surface area contributed by atoms with Crippen LogP contribution in [0.25, 0.3) is 0 Å². The van der Waals surface area contributed by atoms with Crippen molar-refractivity contribution >= 4 is 35.8 Å². The minimum absolute atomic E-state index is 0.132. The first-order valence-corrected chi connectivity index (χ1v) is 11.9. The minimum atomic E-state index is -4.35. The van der Waals surface area contributed by atoms with E-state index in [0.29, 0.717) is 0 Å². The molecule has 12 heteroatoms. The first-order chi connectivity index (χ1) is 16.5. The van der Waals surface area contributed by atoms with E-state index in [9.17, 15) is 59.4 Å². The zero-order chi connectivity index (χ0) is 28.7. The van der Waals surface area contributed by atoms with Crippen LogP contribution in [0.15, 0.2) is 0 Å². The summed E-state index contributed by atoms with van der Waals surface area (Å²) < 4.78 is 0. The molecule has 0 saturated heterocycles. The molecule has 0 aromatic heterocycles. The molecule has 1 aliphatic carbocycles. The van der Waals surface area contributed by atoms with Gasteiger partial charge in [-0.3, -0.25) is 28.8 Å². The topological polar surface area (TPSA) is 224 Å². The molecule has 0 amide bonds. The monoisotopic (exact) mass is 516 g/mol. The number of carboxylic acids is 6. The summed E-state index contributed by atoms with van der Waals surface area (Å²) in [6.07, 6.45) is -1.75. The van der Waals surface area contributed by atoms with Gasteiger partial charge in [-0.2, -0.15) is 0 Å². The highest BCUT2D eigenvalue weighted by molar-refractivity contribution is 6.22. The van der Waals surface area contributed by atoms with Crippen molar-refractivity contribution in [1.82, 2.24) is 0 Å². The summed E-state index contributed by atoms with van der Waals surface area (Å²) in [6.45, 7) is 8.63.